The number of hydrogen-bond acceptors (Lipinski definition) is 4. The first-order valence-corrected chi connectivity index (χ1v) is 9.42. The van der Waals surface area contributed by atoms with Crippen molar-refractivity contribution in [3.63, 3.8) is 0 Å². The topological polar surface area (TPSA) is 56.6 Å². The molecule has 3 heterocycles. The van der Waals surface area contributed by atoms with Crippen LogP contribution in [-0.2, 0) is 14.9 Å². The molecule has 4 rings (SSSR count). The normalized spacial score (nSPS) is 23.9. The van der Waals surface area contributed by atoms with Gasteiger partial charge in [0.15, 0.2) is 0 Å². The van der Waals surface area contributed by atoms with Crippen LogP contribution in [0.2, 0.25) is 0 Å². The minimum Gasteiger partial charge on any atom is -0.379 e. The molecule has 3 fully saturated rings. The van der Waals surface area contributed by atoms with Crippen molar-refractivity contribution in [2.24, 2.45) is 5.92 Å². The summed E-state index contributed by atoms with van der Waals surface area (Å²) in [5, 5.41) is 7.92. The van der Waals surface area contributed by atoms with E-state index in [9.17, 15) is 4.79 Å². The molecule has 3 aliphatic heterocycles. The lowest BCUT2D eigenvalue weighted by Crippen LogP contribution is -2.49. The number of allylic oxidation sites excluding steroid dienone is 1. The molecule has 1 aromatic rings. The molecule has 1 amide bonds. The number of carbonyl (C=O) groups is 1. The molecule has 0 aromatic heterocycles. The van der Waals surface area contributed by atoms with Crippen LogP contribution >= 0.6 is 0 Å². The van der Waals surface area contributed by atoms with Gasteiger partial charge in [-0.05, 0) is 30.2 Å². The fourth-order valence-electron chi connectivity index (χ4n) is 4.03. The van der Waals surface area contributed by atoms with Gasteiger partial charge in [-0.15, -0.1) is 0 Å². The van der Waals surface area contributed by atoms with Gasteiger partial charge >= 0.3 is 0 Å². The molecule has 0 unspecified atom stereocenters. The molecule has 5 heteroatoms. The monoisotopic (exact) mass is 353 g/mol. The second-order valence-electron chi connectivity index (χ2n) is 8.12. The summed E-state index contributed by atoms with van der Waals surface area (Å²) in [6.45, 7) is 8.75. The Hall–Kier alpha value is -2.14. The standard InChI is InChI=1S/C21H27N3O2/c1-3-16-11-24(12-19(16)22)20(25)8-15-9-23(10-15)18-6-4-17(5-7-18)21(2)13-26-14-21/h3-7,15,22H,8-14H2,1-2H3/b16-3+,22-19?. The molecule has 1 N–H and O–H groups in total. The number of amides is 1. The Morgan fingerprint density at radius 3 is 2.50 bits per heavy atom. The molecule has 0 radical (unpaired) electrons. The van der Waals surface area contributed by atoms with Crippen molar-refractivity contribution in [2.75, 3.05) is 44.3 Å². The number of benzene rings is 1. The van der Waals surface area contributed by atoms with E-state index in [4.69, 9.17) is 10.1 Å². The van der Waals surface area contributed by atoms with Crippen molar-refractivity contribution < 1.29 is 9.53 Å². The number of nitrogens with one attached hydrogen (secondary N) is 1. The summed E-state index contributed by atoms with van der Waals surface area (Å²) < 4.78 is 5.35. The van der Waals surface area contributed by atoms with Gasteiger partial charge < -0.3 is 19.9 Å². The Morgan fingerprint density at radius 1 is 1.27 bits per heavy atom. The SMILES string of the molecule is C/C=C1\CN(C(=O)CC2CN(c3ccc(C4(C)COC4)cc3)C2)CC1=N. The third-order valence-electron chi connectivity index (χ3n) is 5.99. The third-order valence-corrected chi connectivity index (χ3v) is 5.99. The van der Waals surface area contributed by atoms with Crippen molar-refractivity contribution in [1.82, 2.24) is 4.90 Å². The molecule has 5 nitrogen and oxygen atoms in total. The molecule has 0 aliphatic carbocycles. The van der Waals surface area contributed by atoms with E-state index in [1.165, 1.54) is 11.3 Å². The summed E-state index contributed by atoms with van der Waals surface area (Å²) in [7, 11) is 0. The number of ether oxygens (including phenoxy) is 1. The highest BCUT2D eigenvalue weighted by Crippen LogP contribution is 2.34. The van der Waals surface area contributed by atoms with E-state index >= 15 is 0 Å². The van der Waals surface area contributed by atoms with Gasteiger partial charge in [0.05, 0.1) is 25.5 Å². The number of carbonyl (C=O) groups excluding carboxylic acids is 1. The van der Waals surface area contributed by atoms with E-state index in [1.807, 2.05) is 17.9 Å². The highest BCUT2D eigenvalue weighted by atomic mass is 16.5. The van der Waals surface area contributed by atoms with Crippen LogP contribution in [0.3, 0.4) is 0 Å². The van der Waals surface area contributed by atoms with E-state index in [0.29, 0.717) is 31.1 Å². The predicted molar refractivity (Wildman–Crippen MR) is 103 cm³/mol. The number of hydrogen-bond donors (Lipinski definition) is 1. The van der Waals surface area contributed by atoms with Crippen molar-refractivity contribution in [3.05, 3.63) is 41.5 Å². The molecule has 26 heavy (non-hydrogen) atoms. The first-order chi connectivity index (χ1) is 12.5. The summed E-state index contributed by atoms with van der Waals surface area (Å²) in [5.74, 6) is 0.605. The van der Waals surface area contributed by atoms with Crippen LogP contribution in [0.4, 0.5) is 5.69 Å². The van der Waals surface area contributed by atoms with Crippen LogP contribution in [-0.4, -0.2) is 55.9 Å². The van der Waals surface area contributed by atoms with Crippen molar-refractivity contribution in [1.29, 1.82) is 5.41 Å². The molecule has 0 bridgehead atoms. The van der Waals surface area contributed by atoms with Crippen molar-refractivity contribution in [2.45, 2.75) is 25.7 Å². The lowest BCUT2D eigenvalue weighted by atomic mass is 9.81. The molecule has 1 aromatic carbocycles. The Morgan fingerprint density at radius 2 is 1.96 bits per heavy atom. The average Bonchev–Trinajstić information content (AvgIpc) is 2.96. The lowest BCUT2D eigenvalue weighted by Gasteiger charge is -2.42. The molecule has 0 atom stereocenters. The van der Waals surface area contributed by atoms with Gasteiger partial charge in [-0.2, -0.15) is 0 Å². The molecule has 0 saturated carbocycles. The zero-order chi connectivity index (χ0) is 18.3. The minimum absolute atomic E-state index is 0.178. The quantitative estimate of drug-likeness (QED) is 0.905. The van der Waals surface area contributed by atoms with E-state index in [-0.39, 0.29) is 11.3 Å². The van der Waals surface area contributed by atoms with Crippen molar-refractivity contribution in [3.8, 4) is 0 Å². The summed E-state index contributed by atoms with van der Waals surface area (Å²) in [5.41, 5.74) is 4.33. The van der Waals surface area contributed by atoms with E-state index < -0.39 is 0 Å². The molecular weight excluding hydrogens is 326 g/mol. The zero-order valence-electron chi connectivity index (χ0n) is 15.6. The van der Waals surface area contributed by atoms with Gasteiger partial charge in [-0.3, -0.25) is 4.79 Å². The third kappa shape index (κ3) is 3.05. The van der Waals surface area contributed by atoms with Gasteiger partial charge in [0.1, 0.15) is 0 Å². The van der Waals surface area contributed by atoms with E-state index in [0.717, 1.165) is 31.9 Å². The van der Waals surface area contributed by atoms with Crippen molar-refractivity contribution >= 4 is 17.3 Å². The lowest BCUT2D eigenvalue weighted by molar-refractivity contribution is -0.130. The van der Waals surface area contributed by atoms with Crippen LogP contribution in [0.5, 0.6) is 0 Å². The van der Waals surface area contributed by atoms with Crippen LogP contribution in [0.25, 0.3) is 0 Å². The maximum Gasteiger partial charge on any atom is 0.223 e. The number of anilines is 1. The highest BCUT2D eigenvalue weighted by molar-refractivity contribution is 6.04. The Balaban J connectivity index is 1.28. The van der Waals surface area contributed by atoms with Crippen LogP contribution in [0.15, 0.2) is 35.9 Å². The minimum atomic E-state index is 0.178. The number of likely N-dealkylation sites (tertiary alicyclic amines) is 1. The molecule has 3 saturated heterocycles. The first-order valence-electron chi connectivity index (χ1n) is 9.42. The van der Waals surface area contributed by atoms with Gasteiger partial charge in [0, 0.05) is 43.1 Å². The fraction of sp³-hybridized carbons (Fsp3) is 0.524. The first kappa shape index (κ1) is 17.3. The summed E-state index contributed by atoms with van der Waals surface area (Å²) >= 11 is 0. The summed E-state index contributed by atoms with van der Waals surface area (Å²) in [4.78, 5) is 16.6. The van der Waals surface area contributed by atoms with Crippen LogP contribution in [0.1, 0.15) is 25.8 Å². The maximum absolute atomic E-state index is 12.5. The van der Waals surface area contributed by atoms with Gasteiger partial charge in [-0.25, -0.2) is 0 Å². The summed E-state index contributed by atoms with van der Waals surface area (Å²) in [6, 6.07) is 8.81. The molecule has 0 spiro atoms. The highest BCUT2D eigenvalue weighted by Gasteiger charge is 2.36. The van der Waals surface area contributed by atoms with Gasteiger partial charge in [-0.1, -0.05) is 25.1 Å². The van der Waals surface area contributed by atoms with E-state index in [1.54, 1.807) is 0 Å². The zero-order valence-corrected chi connectivity index (χ0v) is 15.6. The number of nitrogens with zero attached hydrogens (tertiary/aromatic N) is 2. The van der Waals surface area contributed by atoms with Crippen LogP contribution < -0.4 is 4.90 Å². The smallest absolute Gasteiger partial charge is 0.223 e. The van der Waals surface area contributed by atoms with Crippen LogP contribution in [0, 0.1) is 11.3 Å². The second kappa shape index (κ2) is 6.54. The van der Waals surface area contributed by atoms with Gasteiger partial charge in [0.2, 0.25) is 5.91 Å². The second-order valence-corrected chi connectivity index (χ2v) is 8.12. The molecule has 138 valence electrons. The fourth-order valence-corrected chi connectivity index (χ4v) is 4.03. The Kier molecular flexibility index (Phi) is 4.35. The summed E-state index contributed by atoms with van der Waals surface area (Å²) in [6.07, 6.45) is 2.54. The molecular formula is C21H27N3O2. The Bertz CT molecular complexity index is 743. The van der Waals surface area contributed by atoms with Gasteiger partial charge in [0.25, 0.3) is 0 Å². The average molecular weight is 353 g/mol. The largest absolute Gasteiger partial charge is 0.379 e. The van der Waals surface area contributed by atoms with E-state index in [2.05, 4.69) is 36.1 Å². The predicted octanol–water partition coefficient (Wildman–Crippen LogP) is 2.61. The number of rotatable bonds is 4. The Labute approximate surface area is 155 Å². The maximum atomic E-state index is 12.5. The molecule has 3 aliphatic rings.